The molecule has 2 saturated carbocycles. The van der Waals surface area contributed by atoms with Gasteiger partial charge in [0.05, 0.1) is 0 Å². The van der Waals surface area contributed by atoms with Gasteiger partial charge in [0.2, 0.25) is 0 Å². The van der Waals surface area contributed by atoms with Gasteiger partial charge in [0.25, 0.3) is 0 Å². The molecule has 1 aromatic rings. The van der Waals surface area contributed by atoms with Gasteiger partial charge in [0.1, 0.15) is 0 Å². The Morgan fingerprint density at radius 3 is 1.50 bits per heavy atom. The van der Waals surface area contributed by atoms with E-state index in [4.69, 9.17) is 0 Å². The van der Waals surface area contributed by atoms with Crippen molar-refractivity contribution in [2.24, 2.45) is 0 Å². The Kier molecular flexibility index (Phi) is 8.44. The van der Waals surface area contributed by atoms with E-state index in [0.29, 0.717) is 36.3 Å². The van der Waals surface area contributed by atoms with Gasteiger partial charge in [-0.05, 0) is 79.2 Å². The quantitative estimate of drug-likeness (QED) is 0.414. The molecule has 2 aliphatic rings. The molecule has 0 heterocycles. The van der Waals surface area contributed by atoms with Gasteiger partial charge in [-0.25, -0.2) is 0 Å². The summed E-state index contributed by atoms with van der Waals surface area (Å²) in [6, 6.07) is 15.5. The van der Waals surface area contributed by atoms with Crippen molar-refractivity contribution in [1.82, 2.24) is 9.80 Å². The third-order valence-electron chi connectivity index (χ3n) is 7.33. The summed E-state index contributed by atoms with van der Waals surface area (Å²) in [5.74, 6) is 0. The number of benzene rings is 1. The van der Waals surface area contributed by atoms with Crippen molar-refractivity contribution < 1.29 is 0 Å². The van der Waals surface area contributed by atoms with Crippen LogP contribution in [0.1, 0.15) is 87.5 Å². The largest absolute Gasteiger partial charge is 0.293 e. The fraction of sp³-hybridized carbons (Fsp3) is 0.778. The van der Waals surface area contributed by atoms with Crippen LogP contribution in [0.3, 0.4) is 0 Å². The standard InChI is InChI=1S/C27H47N2P/c1-19(2)28(20(3)4)25-26(29(21(5)6)22(7)8)27(25)30(23-15-11-9-12-16-23)24-17-13-10-14-18-24/h9,11-12,15-16,19-22,24-27H,10,13-14,17-18H2,1-8H3. The molecule has 2 fully saturated rings. The molecule has 0 aliphatic heterocycles. The summed E-state index contributed by atoms with van der Waals surface area (Å²) in [5, 5.41) is 1.66. The topological polar surface area (TPSA) is 6.48 Å². The van der Waals surface area contributed by atoms with Gasteiger partial charge in [0, 0.05) is 41.9 Å². The molecule has 0 N–H and O–H groups in total. The number of hydrogen-bond donors (Lipinski definition) is 0. The summed E-state index contributed by atoms with van der Waals surface area (Å²) in [7, 11) is -0.148. The van der Waals surface area contributed by atoms with E-state index in [0.717, 1.165) is 11.3 Å². The predicted molar refractivity (Wildman–Crippen MR) is 135 cm³/mol. The SMILES string of the molecule is CC(C)N(C(C)C)C1C(N(C(C)C)C(C)C)C1P(c1ccccc1)C1CCCCC1. The van der Waals surface area contributed by atoms with E-state index in [1.165, 1.54) is 32.1 Å². The van der Waals surface area contributed by atoms with E-state index in [2.05, 4.69) is 95.5 Å². The van der Waals surface area contributed by atoms with Crippen LogP contribution in [0.5, 0.6) is 0 Å². The average molecular weight is 431 g/mol. The van der Waals surface area contributed by atoms with Gasteiger partial charge in [-0.3, -0.25) is 9.80 Å². The predicted octanol–water partition coefficient (Wildman–Crippen LogP) is 6.48. The summed E-state index contributed by atoms with van der Waals surface area (Å²) >= 11 is 0. The maximum atomic E-state index is 2.86. The van der Waals surface area contributed by atoms with Crippen molar-refractivity contribution in [3.63, 3.8) is 0 Å². The molecule has 3 unspecified atom stereocenters. The van der Waals surface area contributed by atoms with E-state index < -0.39 is 0 Å². The second-order valence-corrected chi connectivity index (χ2v) is 13.4. The normalized spacial score (nSPS) is 26.5. The fourth-order valence-electron chi connectivity index (χ4n) is 6.45. The van der Waals surface area contributed by atoms with Gasteiger partial charge < -0.3 is 0 Å². The fourth-order valence-corrected chi connectivity index (χ4v) is 10.4. The van der Waals surface area contributed by atoms with E-state index in [1.54, 1.807) is 5.30 Å². The van der Waals surface area contributed by atoms with Gasteiger partial charge in [0.15, 0.2) is 0 Å². The highest BCUT2D eigenvalue weighted by Crippen LogP contribution is 2.62. The molecule has 0 aromatic heterocycles. The van der Waals surface area contributed by atoms with E-state index in [9.17, 15) is 0 Å². The molecule has 2 nitrogen and oxygen atoms in total. The van der Waals surface area contributed by atoms with Gasteiger partial charge in [-0.1, -0.05) is 57.5 Å². The third kappa shape index (κ3) is 5.13. The monoisotopic (exact) mass is 430 g/mol. The minimum Gasteiger partial charge on any atom is -0.293 e. The van der Waals surface area contributed by atoms with E-state index >= 15 is 0 Å². The van der Waals surface area contributed by atoms with Crippen LogP contribution < -0.4 is 5.30 Å². The van der Waals surface area contributed by atoms with Crippen molar-refractivity contribution in [2.45, 2.75) is 135 Å². The Balaban J connectivity index is 2.03. The van der Waals surface area contributed by atoms with Crippen molar-refractivity contribution in [3.8, 4) is 0 Å². The van der Waals surface area contributed by atoms with E-state index in [1.807, 2.05) is 0 Å². The lowest BCUT2D eigenvalue weighted by Crippen LogP contribution is -2.46. The van der Waals surface area contributed by atoms with E-state index in [-0.39, 0.29) is 7.92 Å². The lowest BCUT2D eigenvalue weighted by atomic mass is 10.0. The van der Waals surface area contributed by atoms with Crippen LogP contribution >= 0.6 is 7.92 Å². The second-order valence-electron chi connectivity index (χ2n) is 10.8. The lowest BCUT2D eigenvalue weighted by Gasteiger charge is -2.35. The molecular weight excluding hydrogens is 383 g/mol. The Labute approximate surface area is 188 Å². The number of nitrogens with zero attached hydrogens (tertiary/aromatic N) is 2. The highest BCUT2D eigenvalue weighted by Gasteiger charge is 2.62. The smallest absolute Gasteiger partial charge is 0.0350 e. The molecule has 3 heteroatoms. The zero-order valence-corrected chi connectivity index (χ0v) is 21.8. The van der Waals surface area contributed by atoms with Gasteiger partial charge in [-0.2, -0.15) is 0 Å². The first-order chi connectivity index (χ1) is 14.3. The zero-order valence-electron chi connectivity index (χ0n) is 20.9. The second kappa shape index (κ2) is 10.5. The first kappa shape index (κ1) is 24.2. The Morgan fingerprint density at radius 1 is 0.667 bits per heavy atom. The first-order valence-corrected chi connectivity index (χ1v) is 14.1. The molecule has 30 heavy (non-hydrogen) atoms. The zero-order chi connectivity index (χ0) is 22.0. The maximum Gasteiger partial charge on any atom is 0.0350 e. The maximum absolute atomic E-state index is 2.86. The molecule has 3 atom stereocenters. The molecule has 0 saturated heterocycles. The third-order valence-corrected chi connectivity index (χ3v) is 10.8. The Hall–Kier alpha value is -0.430. The number of rotatable bonds is 9. The number of hydrogen-bond acceptors (Lipinski definition) is 2. The van der Waals surface area contributed by atoms with Crippen LogP contribution in [0.4, 0.5) is 0 Å². The summed E-state index contributed by atoms with van der Waals surface area (Å²) in [6.45, 7) is 19.3. The molecule has 3 rings (SSSR count). The first-order valence-electron chi connectivity index (χ1n) is 12.6. The molecule has 2 aliphatic carbocycles. The molecule has 170 valence electrons. The van der Waals surface area contributed by atoms with Gasteiger partial charge >= 0.3 is 0 Å². The average Bonchev–Trinajstić information content (AvgIpc) is 3.35. The molecular formula is C27H47N2P. The summed E-state index contributed by atoms with van der Waals surface area (Å²) in [5.41, 5.74) is 1.72. The van der Waals surface area contributed by atoms with Crippen molar-refractivity contribution in [3.05, 3.63) is 30.3 Å². The van der Waals surface area contributed by atoms with Crippen LogP contribution in [0.2, 0.25) is 0 Å². The molecule has 0 amide bonds. The van der Waals surface area contributed by atoms with Crippen molar-refractivity contribution in [1.29, 1.82) is 0 Å². The van der Waals surface area contributed by atoms with Gasteiger partial charge in [-0.15, -0.1) is 0 Å². The Bertz CT molecular complexity index is 594. The molecule has 0 bridgehead atoms. The van der Waals surface area contributed by atoms with Crippen LogP contribution in [0.25, 0.3) is 0 Å². The molecule has 1 aromatic carbocycles. The van der Waals surface area contributed by atoms with Crippen LogP contribution in [0, 0.1) is 0 Å². The summed E-state index contributed by atoms with van der Waals surface area (Å²) < 4.78 is 0. The summed E-state index contributed by atoms with van der Waals surface area (Å²) in [6.07, 6.45) is 7.22. The molecule has 0 spiro atoms. The lowest BCUT2D eigenvalue weighted by molar-refractivity contribution is 0.108. The van der Waals surface area contributed by atoms with Crippen molar-refractivity contribution >= 4 is 13.2 Å². The minimum absolute atomic E-state index is 0.148. The minimum atomic E-state index is -0.148. The summed E-state index contributed by atoms with van der Waals surface area (Å²) in [4.78, 5) is 5.71. The van der Waals surface area contributed by atoms with Crippen LogP contribution in [-0.2, 0) is 0 Å². The highest BCUT2D eigenvalue weighted by atomic mass is 31.1. The molecule has 0 radical (unpaired) electrons. The van der Waals surface area contributed by atoms with Crippen LogP contribution in [0.15, 0.2) is 30.3 Å². The van der Waals surface area contributed by atoms with Crippen molar-refractivity contribution in [2.75, 3.05) is 0 Å². The highest BCUT2D eigenvalue weighted by molar-refractivity contribution is 7.67. The Morgan fingerprint density at radius 2 is 1.10 bits per heavy atom. The van der Waals surface area contributed by atoms with Crippen LogP contribution in [-0.4, -0.2) is 57.4 Å².